The summed E-state index contributed by atoms with van der Waals surface area (Å²) >= 11 is 0.880. The van der Waals surface area contributed by atoms with E-state index in [1.165, 1.54) is 13.8 Å². The number of thiazole rings is 1. The first-order valence-corrected chi connectivity index (χ1v) is 7.81. The van der Waals surface area contributed by atoms with Gasteiger partial charge >= 0.3 is 11.9 Å². The Kier molecular flexibility index (Phi) is 5.20. The Hall–Kier alpha value is -1.52. The second-order valence-electron chi connectivity index (χ2n) is 3.86. The molecule has 0 aliphatic rings. The third-order valence-corrected chi connectivity index (χ3v) is 5.27. The average molecular weight is 322 g/mol. The number of carboxylic acid groups (broad SMARTS) is 1. The van der Waals surface area contributed by atoms with E-state index in [1.54, 1.807) is 0 Å². The van der Waals surface area contributed by atoms with Crippen molar-refractivity contribution in [3.63, 3.8) is 0 Å². The molecule has 1 rings (SSSR count). The van der Waals surface area contributed by atoms with Crippen molar-refractivity contribution < 1.29 is 27.9 Å². The summed E-state index contributed by atoms with van der Waals surface area (Å²) in [4.78, 5) is 26.0. The Labute approximate surface area is 119 Å². The fraction of sp³-hybridized carbons (Fsp3) is 0.500. The van der Waals surface area contributed by atoms with E-state index in [0.29, 0.717) is 10.7 Å². The van der Waals surface area contributed by atoms with E-state index in [0.717, 1.165) is 18.4 Å². The number of nitrogens with one attached hydrogen (secondary N) is 1. The number of rotatable bonds is 6. The highest BCUT2D eigenvalue weighted by atomic mass is 32.2. The van der Waals surface area contributed by atoms with Crippen LogP contribution in [-0.2, 0) is 26.1 Å². The first-order chi connectivity index (χ1) is 9.19. The lowest BCUT2D eigenvalue weighted by atomic mass is 10.4. The van der Waals surface area contributed by atoms with Crippen LogP contribution in [0.2, 0.25) is 0 Å². The molecule has 10 heteroatoms. The number of ether oxygens (including phenoxy) is 1. The maximum absolute atomic E-state index is 11.8. The van der Waals surface area contributed by atoms with Crippen molar-refractivity contribution in [2.75, 3.05) is 7.11 Å². The van der Waals surface area contributed by atoms with Gasteiger partial charge in [-0.15, -0.1) is 11.3 Å². The summed E-state index contributed by atoms with van der Waals surface area (Å²) in [5, 5.41) is 7.82. The van der Waals surface area contributed by atoms with Crippen LogP contribution in [0.5, 0.6) is 0 Å². The van der Waals surface area contributed by atoms with Gasteiger partial charge < -0.3 is 9.84 Å². The average Bonchev–Trinajstić information content (AvgIpc) is 2.76. The van der Waals surface area contributed by atoms with Crippen LogP contribution in [0.3, 0.4) is 0 Å². The van der Waals surface area contributed by atoms with Gasteiger partial charge in [0.1, 0.15) is 9.88 Å². The zero-order chi connectivity index (χ0) is 15.5. The molecule has 0 aromatic carbocycles. The molecule has 20 heavy (non-hydrogen) atoms. The SMILES string of the molecule is COC(=O)C(C)S(=O)(=O)NCc1nc(C)c(C(=O)O)s1. The molecule has 0 amide bonds. The van der Waals surface area contributed by atoms with Gasteiger partial charge in [-0.05, 0) is 13.8 Å². The number of hydrogen-bond donors (Lipinski definition) is 2. The van der Waals surface area contributed by atoms with E-state index in [-0.39, 0.29) is 11.4 Å². The summed E-state index contributed by atoms with van der Waals surface area (Å²) < 4.78 is 30.1. The topological polar surface area (TPSA) is 123 Å². The van der Waals surface area contributed by atoms with E-state index < -0.39 is 27.2 Å². The molecule has 2 N–H and O–H groups in total. The summed E-state index contributed by atoms with van der Waals surface area (Å²) in [6.07, 6.45) is 0. The monoisotopic (exact) mass is 322 g/mol. The van der Waals surface area contributed by atoms with Gasteiger partial charge in [0.15, 0.2) is 5.25 Å². The summed E-state index contributed by atoms with van der Waals surface area (Å²) in [6, 6.07) is 0. The Balaban J connectivity index is 2.79. The highest BCUT2D eigenvalue weighted by molar-refractivity contribution is 7.90. The summed E-state index contributed by atoms with van der Waals surface area (Å²) in [5.74, 6) is -1.99. The van der Waals surface area contributed by atoms with Crippen LogP contribution in [-0.4, -0.2) is 42.8 Å². The quantitative estimate of drug-likeness (QED) is 0.714. The van der Waals surface area contributed by atoms with Crippen LogP contribution in [0, 0.1) is 6.92 Å². The molecule has 0 fully saturated rings. The van der Waals surface area contributed by atoms with E-state index in [1.807, 2.05) is 0 Å². The number of nitrogens with zero attached hydrogens (tertiary/aromatic N) is 1. The summed E-state index contributed by atoms with van der Waals surface area (Å²) in [7, 11) is -2.80. The molecule has 1 aromatic rings. The van der Waals surface area contributed by atoms with E-state index in [2.05, 4.69) is 14.4 Å². The minimum Gasteiger partial charge on any atom is -0.477 e. The van der Waals surface area contributed by atoms with E-state index in [9.17, 15) is 18.0 Å². The number of carboxylic acids is 1. The first kappa shape index (κ1) is 16.5. The predicted molar refractivity (Wildman–Crippen MR) is 71.0 cm³/mol. The maximum Gasteiger partial charge on any atom is 0.347 e. The molecule has 112 valence electrons. The molecule has 1 atom stereocenters. The van der Waals surface area contributed by atoms with Crippen LogP contribution in [0.15, 0.2) is 0 Å². The molecular formula is C10H14N2O6S2. The van der Waals surface area contributed by atoms with Crippen molar-refractivity contribution in [1.82, 2.24) is 9.71 Å². The summed E-state index contributed by atoms with van der Waals surface area (Å²) in [5.41, 5.74) is 0.317. The van der Waals surface area contributed by atoms with Crippen LogP contribution in [0.1, 0.15) is 27.3 Å². The lowest BCUT2D eigenvalue weighted by molar-refractivity contribution is -0.139. The van der Waals surface area contributed by atoms with E-state index >= 15 is 0 Å². The zero-order valence-electron chi connectivity index (χ0n) is 11.0. The number of aromatic nitrogens is 1. The van der Waals surface area contributed by atoms with Crippen LogP contribution >= 0.6 is 11.3 Å². The van der Waals surface area contributed by atoms with Crippen molar-refractivity contribution in [3.8, 4) is 0 Å². The second-order valence-corrected chi connectivity index (χ2v) is 7.03. The Morgan fingerprint density at radius 1 is 1.50 bits per heavy atom. The minimum absolute atomic E-state index is 0.0558. The molecule has 1 aromatic heterocycles. The predicted octanol–water partition coefficient (Wildman–Crippen LogP) is 0.131. The van der Waals surface area contributed by atoms with Gasteiger partial charge in [-0.1, -0.05) is 0 Å². The fourth-order valence-corrected chi connectivity index (χ4v) is 3.18. The molecule has 1 unspecified atom stereocenters. The number of sulfonamides is 1. The molecule has 0 aliphatic heterocycles. The highest BCUT2D eigenvalue weighted by Gasteiger charge is 2.28. The van der Waals surface area contributed by atoms with Gasteiger partial charge in [0.25, 0.3) is 0 Å². The van der Waals surface area contributed by atoms with Crippen molar-refractivity contribution in [2.24, 2.45) is 0 Å². The third-order valence-electron chi connectivity index (χ3n) is 2.46. The maximum atomic E-state index is 11.8. The van der Waals surface area contributed by atoms with E-state index in [4.69, 9.17) is 5.11 Å². The molecule has 0 bridgehead atoms. The Bertz CT molecular complexity index is 622. The number of aromatic carboxylic acids is 1. The molecular weight excluding hydrogens is 308 g/mol. The van der Waals surface area contributed by atoms with Crippen molar-refractivity contribution >= 4 is 33.3 Å². The van der Waals surface area contributed by atoms with Crippen LogP contribution in [0.25, 0.3) is 0 Å². The van der Waals surface area contributed by atoms with Gasteiger partial charge in [0.05, 0.1) is 19.3 Å². The summed E-state index contributed by atoms with van der Waals surface area (Å²) in [6.45, 7) is 2.54. The Morgan fingerprint density at radius 3 is 2.55 bits per heavy atom. The zero-order valence-corrected chi connectivity index (χ0v) is 12.7. The first-order valence-electron chi connectivity index (χ1n) is 5.45. The Morgan fingerprint density at radius 2 is 2.10 bits per heavy atom. The van der Waals surface area contributed by atoms with Gasteiger partial charge in [-0.3, -0.25) is 4.79 Å². The smallest absolute Gasteiger partial charge is 0.347 e. The molecule has 0 aliphatic carbocycles. The molecule has 0 saturated carbocycles. The van der Waals surface area contributed by atoms with Gasteiger partial charge in [0.2, 0.25) is 10.0 Å². The second kappa shape index (κ2) is 6.29. The number of methoxy groups -OCH3 is 1. The van der Waals surface area contributed by atoms with Gasteiger partial charge in [0, 0.05) is 0 Å². The molecule has 0 saturated heterocycles. The molecule has 8 nitrogen and oxygen atoms in total. The van der Waals surface area contributed by atoms with Crippen molar-refractivity contribution in [1.29, 1.82) is 0 Å². The van der Waals surface area contributed by atoms with Crippen molar-refractivity contribution in [3.05, 3.63) is 15.6 Å². The standard InChI is InChI=1S/C10H14N2O6S2/c1-5-8(9(13)14)19-7(12-5)4-11-20(16,17)6(2)10(15)18-3/h6,11H,4H2,1-3H3,(H,13,14). The minimum atomic E-state index is -3.90. The molecule has 0 radical (unpaired) electrons. The lowest BCUT2D eigenvalue weighted by Gasteiger charge is -2.10. The molecule has 1 heterocycles. The van der Waals surface area contributed by atoms with Crippen LogP contribution < -0.4 is 4.72 Å². The molecule has 0 spiro atoms. The van der Waals surface area contributed by atoms with Crippen LogP contribution in [0.4, 0.5) is 0 Å². The lowest BCUT2D eigenvalue weighted by Crippen LogP contribution is -2.37. The highest BCUT2D eigenvalue weighted by Crippen LogP contribution is 2.18. The third kappa shape index (κ3) is 3.74. The number of carbonyl (C=O) groups is 2. The van der Waals surface area contributed by atoms with Gasteiger partial charge in [-0.2, -0.15) is 0 Å². The van der Waals surface area contributed by atoms with Gasteiger partial charge in [-0.25, -0.2) is 22.9 Å². The number of esters is 1. The largest absolute Gasteiger partial charge is 0.477 e. The number of aryl methyl sites for hydroxylation is 1. The number of carbonyl (C=O) groups excluding carboxylic acids is 1. The fourth-order valence-electron chi connectivity index (χ4n) is 1.31. The normalized spacial score (nSPS) is 12.9. The number of hydrogen-bond acceptors (Lipinski definition) is 7. The van der Waals surface area contributed by atoms with Crippen molar-refractivity contribution in [2.45, 2.75) is 25.6 Å².